The quantitative estimate of drug-likeness (QED) is 0.158. The first-order valence-corrected chi connectivity index (χ1v) is 17.7. The second kappa shape index (κ2) is 14.9. The summed E-state index contributed by atoms with van der Waals surface area (Å²) in [6.45, 7) is 2.43. The van der Waals surface area contributed by atoms with Crippen LogP contribution in [0.25, 0.3) is 39.2 Å². The van der Waals surface area contributed by atoms with Crippen LogP contribution in [0, 0.1) is 6.92 Å². The van der Waals surface area contributed by atoms with E-state index in [2.05, 4.69) is 15.6 Å². The number of aryl methyl sites for hydroxylation is 1. The Morgan fingerprint density at radius 3 is 2.40 bits per heavy atom. The molecule has 5 heterocycles. The zero-order chi connectivity index (χ0) is 37.4. The lowest BCUT2D eigenvalue weighted by molar-refractivity contribution is -0.119. The molecule has 0 radical (unpaired) electrons. The van der Waals surface area contributed by atoms with Crippen LogP contribution in [-0.4, -0.2) is 86.2 Å². The Morgan fingerprint density at radius 2 is 1.74 bits per heavy atom. The predicted octanol–water partition coefficient (Wildman–Crippen LogP) is 5.18. The van der Waals surface area contributed by atoms with Crippen molar-refractivity contribution in [3.05, 3.63) is 104 Å². The SMILES string of the molecule is COc1nc(-c2cccc(-c3cccc(-c4ccn5c(=O)c(C6=NCC(O)CN6)c(C)nc5c4)c3Cl)c2Cl)ccc1CN(CC1CCC(=O)N1)C(=O)O. The number of hydrogen-bond acceptors (Lipinski definition) is 9. The van der Waals surface area contributed by atoms with Gasteiger partial charge in [-0.3, -0.25) is 19.0 Å². The van der Waals surface area contributed by atoms with Crippen molar-refractivity contribution >= 4 is 46.7 Å². The Bertz CT molecular complexity index is 2360. The van der Waals surface area contributed by atoms with E-state index in [1.54, 1.807) is 37.4 Å². The lowest BCUT2D eigenvalue weighted by atomic mass is 9.97. The van der Waals surface area contributed by atoms with Crippen molar-refractivity contribution in [2.75, 3.05) is 26.7 Å². The fourth-order valence-corrected chi connectivity index (χ4v) is 7.36. The highest BCUT2D eigenvalue weighted by atomic mass is 35.5. The van der Waals surface area contributed by atoms with Crippen molar-refractivity contribution in [2.24, 2.45) is 4.99 Å². The highest BCUT2D eigenvalue weighted by Crippen LogP contribution is 2.42. The number of aliphatic hydroxyl groups excluding tert-OH is 1. The highest BCUT2D eigenvalue weighted by molar-refractivity contribution is 6.39. The van der Waals surface area contributed by atoms with Crippen molar-refractivity contribution in [1.29, 1.82) is 0 Å². The zero-order valence-corrected chi connectivity index (χ0v) is 30.3. The van der Waals surface area contributed by atoms with Crippen molar-refractivity contribution in [3.8, 4) is 39.4 Å². The van der Waals surface area contributed by atoms with Crippen LogP contribution in [0.15, 0.2) is 76.6 Å². The van der Waals surface area contributed by atoms with Crippen molar-refractivity contribution in [3.63, 3.8) is 0 Å². The molecule has 272 valence electrons. The lowest BCUT2D eigenvalue weighted by Crippen LogP contribution is -2.42. The van der Waals surface area contributed by atoms with Gasteiger partial charge in [0.1, 0.15) is 17.0 Å². The molecule has 2 aliphatic heterocycles. The van der Waals surface area contributed by atoms with Crippen LogP contribution < -0.4 is 20.9 Å². The molecule has 1 fully saturated rings. The van der Waals surface area contributed by atoms with E-state index in [1.165, 1.54) is 16.4 Å². The highest BCUT2D eigenvalue weighted by Gasteiger charge is 2.27. The molecule has 53 heavy (non-hydrogen) atoms. The second-order valence-electron chi connectivity index (χ2n) is 12.9. The Morgan fingerprint density at radius 1 is 1.02 bits per heavy atom. The first kappa shape index (κ1) is 35.9. The Balaban J connectivity index is 1.19. The Hall–Kier alpha value is -5.50. The van der Waals surface area contributed by atoms with Gasteiger partial charge in [0.05, 0.1) is 47.7 Å². The minimum absolute atomic E-state index is 0.0193. The van der Waals surface area contributed by atoms with Crippen LogP contribution in [0.1, 0.15) is 29.7 Å². The number of carbonyl (C=O) groups is 2. The standard InChI is InChI=1S/C38H35Cl2N7O6/c1-20-32(35-41-16-24(48)17-42-35)37(50)47-14-13-21(15-30(47)43-20)25-5-3-6-26(33(25)39)27-7-4-8-28(34(27)40)29-11-9-22(36(45-29)53-2)18-46(38(51)52)19-23-10-12-31(49)44-23/h3-9,11,13-15,23-24,48H,10,12,16-19H2,1-2H3,(H,41,42)(H,44,49)(H,51,52). The second-order valence-corrected chi connectivity index (χ2v) is 13.7. The average Bonchev–Trinajstić information content (AvgIpc) is 3.56. The minimum Gasteiger partial charge on any atom is -0.481 e. The number of aliphatic imine (C=N–C) groups is 1. The number of amidine groups is 1. The number of pyridine rings is 2. The summed E-state index contributed by atoms with van der Waals surface area (Å²) in [6.07, 6.45) is 0.882. The van der Waals surface area contributed by atoms with Gasteiger partial charge < -0.3 is 30.5 Å². The monoisotopic (exact) mass is 755 g/mol. The number of nitrogens with zero attached hydrogens (tertiary/aromatic N) is 5. The number of carboxylic acid groups (broad SMARTS) is 1. The molecule has 4 N–H and O–H groups in total. The van der Waals surface area contributed by atoms with E-state index in [4.69, 9.17) is 37.9 Å². The molecule has 1 saturated heterocycles. The van der Waals surface area contributed by atoms with E-state index in [0.717, 1.165) is 5.56 Å². The molecule has 0 spiro atoms. The summed E-state index contributed by atoms with van der Waals surface area (Å²) in [5, 5.41) is 26.4. The van der Waals surface area contributed by atoms with Crippen LogP contribution in [0.5, 0.6) is 5.88 Å². The van der Waals surface area contributed by atoms with Gasteiger partial charge in [-0.2, -0.15) is 0 Å². The van der Waals surface area contributed by atoms with Gasteiger partial charge in [0.15, 0.2) is 0 Å². The summed E-state index contributed by atoms with van der Waals surface area (Å²) in [6, 6.07) is 18.0. The van der Waals surface area contributed by atoms with E-state index < -0.39 is 12.2 Å². The molecule has 0 saturated carbocycles. The van der Waals surface area contributed by atoms with Crippen molar-refractivity contribution in [2.45, 2.75) is 38.5 Å². The topological polar surface area (TPSA) is 171 Å². The molecule has 5 aromatic rings. The molecule has 2 aliphatic rings. The molecule has 2 atom stereocenters. The Labute approximate surface area is 313 Å². The smallest absolute Gasteiger partial charge is 0.407 e. The maximum absolute atomic E-state index is 13.5. The number of halogens is 2. The third-order valence-electron chi connectivity index (χ3n) is 9.38. The fourth-order valence-electron chi connectivity index (χ4n) is 6.70. The summed E-state index contributed by atoms with van der Waals surface area (Å²) < 4.78 is 7.05. The third-order valence-corrected chi connectivity index (χ3v) is 10.2. The summed E-state index contributed by atoms with van der Waals surface area (Å²) in [5.41, 5.74) is 5.51. The number of aliphatic hydroxyl groups is 1. The van der Waals surface area contributed by atoms with Gasteiger partial charge in [-0.1, -0.05) is 59.6 Å². The fraction of sp³-hybridized carbons (Fsp3) is 0.263. The molecule has 2 aromatic carbocycles. The molecule has 0 aliphatic carbocycles. The van der Waals surface area contributed by atoms with E-state index in [0.29, 0.717) is 85.7 Å². The van der Waals surface area contributed by atoms with Gasteiger partial charge in [-0.15, -0.1) is 0 Å². The third kappa shape index (κ3) is 7.15. The molecular weight excluding hydrogens is 721 g/mol. The van der Waals surface area contributed by atoms with Gasteiger partial charge in [-0.25, -0.2) is 14.8 Å². The first-order chi connectivity index (χ1) is 25.5. The van der Waals surface area contributed by atoms with Crippen molar-refractivity contribution < 1.29 is 24.5 Å². The minimum atomic E-state index is -1.12. The molecule has 2 unspecified atom stereocenters. The van der Waals surface area contributed by atoms with Crippen molar-refractivity contribution in [1.82, 2.24) is 29.9 Å². The number of nitrogens with one attached hydrogen (secondary N) is 2. The number of fused-ring (bicyclic) bond motifs is 1. The molecule has 3 aromatic heterocycles. The number of rotatable bonds is 9. The molecule has 15 heteroatoms. The Kier molecular flexibility index (Phi) is 10.1. The van der Waals surface area contributed by atoms with Gasteiger partial charge in [0.2, 0.25) is 11.8 Å². The van der Waals surface area contributed by atoms with Gasteiger partial charge in [-0.05, 0) is 43.2 Å². The van der Waals surface area contributed by atoms with E-state index >= 15 is 0 Å². The summed E-state index contributed by atoms with van der Waals surface area (Å²) >= 11 is 14.2. The normalized spacial score (nSPS) is 16.9. The van der Waals surface area contributed by atoms with Gasteiger partial charge in [0, 0.05) is 59.6 Å². The molecule has 0 bridgehead atoms. The summed E-state index contributed by atoms with van der Waals surface area (Å²) in [4.78, 5) is 52.2. The van der Waals surface area contributed by atoms with Gasteiger partial charge >= 0.3 is 6.09 Å². The number of carbonyl (C=O) groups excluding carboxylic acids is 1. The number of methoxy groups -OCH3 is 1. The van der Waals surface area contributed by atoms with E-state index in [9.17, 15) is 24.6 Å². The van der Waals surface area contributed by atoms with Crippen LogP contribution in [0.2, 0.25) is 10.0 Å². The number of amides is 2. The van der Waals surface area contributed by atoms with E-state index in [1.807, 2.05) is 36.4 Å². The number of aromatic nitrogens is 3. The summed E-state index contributed by atoms with van der Waals surface area (Å²) in [7, 11) is 1.47. The van der Waals surface area contributed by atoms with Crippen LogP contribution >= 0.6 is 23.2 Å². The molecule has 13 nitrogen and oxygen atoms in total. The first-order valence-electron chi connectivity index (χ1n) is 16.9. The van der Waals surface area contributed by atoms with Crippen LogP contribution in [0.3, 0.4) is 0 Å². The lowest BCUT2D eigenvalue weighted by Gasteiger charge is -2.23. The molecule has 2 amide bonds. The predicted molar refractivity (Wildman–Crippen MR) is 202 cm³/mol. The van der Waals surface area contributed by atoms with Crippen LogP contribution in [0.4, 0.5) is 4.79 Å². The molecular formula is C38H35Cl2N7O6. The number of benzene rings is 2. The number of β-amino-alcohol motifs (C(OH)–C–C–N with tert-alkyl or cyclic N) is 1. The maximum Gasteiger partial charge on any atom is 0.407 e. The number of ether oxygens (including phenoxy) is 1. The van der Waals surface area contributed by atoms with Gasteiger partial charge in [0.25, 0.3) is 5.56 Å². The van der Waals surface area contributed by atoms with Crippen LogP contribution in [-0.2, 0) is 11.3 Å². The maximum atomic E-state index is 13.5. The zero-order valence-electron chi connectivity index (χ0n) is 28.8. The summed E-state index contributed by atoms with van der Waals surface area (Å²) in [5.74, 6) is 0.579. The number of hydrogen-bond donors (Lipinski definition) is 4. The largest absolute Gasteiger partial charge is 0.481 e. The average molecular weight is 757 g/mol. The van der Waals surface area contributed by atoms with E-state index in [-0.39, 0.29) is 43.0 Å². The molecule has 7 rings (SSSR count).